The van der Waals surface area contributed by atoms with Crippen molar-refractivity contribution in [2.45, 2.75) is 25.9 Å². The summed E-state index contributed by atoms with van der Waals surface area (Å²) in [6, 6.07) is 2.68. The van der Waals surface area contributed by atoms with Crippen LogP contribution in [0.2, 0.25) is 0 Å². The Kier molecular flexibility index (Phi) is 3.46. The van der Waals surface area contributed by atoms with E-state index in [9.17, 15) is 0 Å². The normalized spacial score (nSPS) is 18.5. The summed E-state index contributed by atoms with van der Waals surface area (Å²) < 4.78 is 2.05. The molecule has 0 unspecified atom stereocenters. The molecular formula is C11H21N5. The predicted octanol–water partition coefficient (Wildman–Crippen LogP) is 0.423. The molecule has 0 saturated carbocycles. The van der Waals surface area contributed by atoms with Crippen LogP contribution in [0, 0.1) is 5.92 Å². The average molecular weight is 223 g/mol. The van der Waals surface area contributed by atoms with E-state index in [4.69, 9.17) is 5.73 Å². The van der Waals surface area contributed by atoms with Crippen molar-refractivity contribution in [2.24, 2.45) is 11.7 Å². The minimum Gasteiger partial charge on any atom is -0.369 e. The first-order chi connectivity index (χ1) is 7.68. The maximum Gasteiger partial charge on any atom is 0.124 e. The van der Waals surface area contributed by atoms with E-state index in [-0.39, 0.29) is 6.04 Å². The molecule has 5 nitrogen and oxygen atoms in total. The van der Waals surface area contributed by atoms with Crippen LogP contribution in [0.3, 0.4) is 0 Å². The van der Waals surface area contributed by atoms with Crippen LogP contribution in [0.15, 0.2) is 12.3 Å². The fourth-order valence-electron chi connectivity index (χ4n) is 1.65. The average Bonchev–Trinajstić information content (AvgIpc) is 2.59. The summed E-state index contributed by atoms with van der Waals surface area (Å²) in [5.41, 5.74) is 6.00. The van der Waals surface area contributed by atoms with E-state index in [1.807, 2.05) is 16.9 Å². The molecule has 4 N–H and O–H groups in total. The highest BCUT2D eigenvalue weighted by Crippen LogP contribution is 2.17. The van der Waals surface area contributed by atoms with Crippen molar-refractivity contribution in [3.8, 4) is 0 Å². The number of anilines is 1. The summed E-state index contributed by atoms with van der Waals surface area (Å²) in [4.78, 5) is 0. The second-order valence-corrected chi connectivity index (χ2v) is 4.76. The number of nitrogens with zero attached hydrogens (tertiary/aromatic N) is 2. The van der Waals surface area contributed by atoms with Gasteiger partial charge in [-0.05, 0) is 5.92 Å². The van der Waals surface area contributed by atoms with Crippen molar-refractivity contribution in [1.29, 1.82) is 0 Å². The van der Waals surface area contributed by atoms with Gasteiger partial charge in [0, 0.05) is 31.7 Å². The van der Waals surface area contributed by atoms with Gasteiger partial charge in [-0.1, -0.05) is 13.8 Å². The van der Waals surface area contributed by atoms with Gasteiger partial charge < -0.3 is 16.4 Å². The predicted molar refractivity (Wildman–Crippen MR) is 65.4 cm³/mol. The Morgan fingerprint density at radius 3 is 2.94 bits per heavy atom. The van der Waals surface area contributed by atoms with Crippen LogP contribution in [0.1, 0.15) is 19.9 Å². The van der Waals surface area contributed by atoms with E-state index in [2.05, 4.69) is 29.6 Å². The van der Waals surface area contributed by atoms with Gasteiger partial charge in [0.2, 0.25) is 0 Å². The van der Waals surface area contributed by atoms with E-state index in [0.29, 0.717) is 12.0 Å². The molecule has 90 valence electrons. The maximum absolute atomic E-state index is 6.00. The standard InChI is InChI=1S/C11H21N5/c1-8(2)10(12)7-14-11-3-4-15-16(11)9-5-13-6-9/h3-4,8-10,13-14H,5-7,12H2,1-2H3/t10-/m0/s1. The lowest BCUT2D eigenvalue weighted by Crippen LogP contribution is -2.44. The van der Waals surface area contributed by atoms with Gasteiger partial charge in [0.05, 0.1) is 12.2 Å². The molecule has 1 atom stereocenters. The first-order valence-electron chi connectivity index (χ1n) is 5.92. The molecule has 5 heteroatoms. The number of rotatable bonds is 5. The third kappa shape index (κ3) is 2.36. The molecule has 0 bridgehead atoms. The summed E-state index contributed by atoms with van der Waals surface area (Å²) in [6.45, 7) is 7.09. The number of nitrogens with one attached hydrogen (secondary N) is 2. The Bertz CT molecular complexity index is 329. The Hall–Kier alpha value is -1.07. The Balaban J connectivity index is 1.91. The van der Waals surface area contributed by atoms with Crippen molar-refractivity contribution >= 4 is 5.82 Å². The van der Waals surface area contributed by atoms with Crippen LogP contribution in [0.4, 0.5) is 5.82 Å². The molecule has 1 saturated heterocycles. The van der Waals surface area contributed by atoms with Gasteiger partial charge in [-0.2, -0.15) is 5.10 Å². The lowest BCUT2D eigenvalue weighted by Gasteiger charge is -2.29. The van der Waals surface area contributed by atoms with Gasteiger partial charge >= 0.3 is 0 Å². The zero-order valence-electron chi connectivity index (χ0n) is 9.98. The topological polar surface area (TPSA) is 67.9 Å². The lowest BCUT2D eigenvalue weighted by atomic mass is 10.1. The van der Waals surface area contributed by atoms with Gasteiger partial charge in [0.1, 0.15) is 5.82 Å². The SMILES string of the molecule is CC(C)[C@@H](N)CNc1ccnn1C1CNC1. The quantitative estimate of drug-likeness (QED) is 0.677. The van der Waals surface area contributed by atoms with Gasteiger partial charge in [-0.25, -0.2) is 4.68 Å². The Labute approximate surface area is 96.4 Å². The van der Waals surface area contributed by atoms with Crippen molar-refractivity contribution in [2.75, 3.05) is 25.0 Å². The molecule has 2 rings (SSSR count). The van der Waals surface area contributed by atoms with Crippen molar-refractivity contribution in [1.82, 2.24) is 15.1 Å². The van der Waals surface area contributed by atoms with Crippen molar-refractivity contribution in [3.63, 3.8) is 0 Å². The zero-order chi connectivity index (χ0) is 11.5. The molecule has 1 aromatic rings. The van der Waals surface area contributed by atoms with E-state index in [0.717, 1.165) is 25.5 Å². The molecule has 0 radical (unpaired) electrons. The summed E-state index contributed by atoms with van der Waals surface area (Å²) >= 11 is 0. The Morgan fingerprint density at radius 1 is 1.62 bits per heavy atom. The van der Waals surface area contributed by atoms with Crippen LogP contribution in [-0.4, -0.2) is 35.5 Å². The molecule has 0 amide bonds. The Morgan fingerprint density at radius 2 is 2.38 bits per heavy atom. The van der Waals surface area contributed by atoms with E-state index < -0.39 is 0 Å². The molecular weight excluding hydrogens is 202 g/mol. The molecule has 1 fully saturated rings. The summed E-state index contributed by atoms with van der Waals surface area (Å²) in [5, 5.41) is 11.0. The van der Waals surface area contributed by atoms with Crippen molar-refractivity contribution < 1.29 is 0 Å². The number of aromatic nitrogens is 2. The summed E-state index contributed by atoms with van der Waals surface area (Å²) in [6.07, 6.45) is 1.83. The highest BCUT2D eigenvalue weighted by Gasteiger charge is 2.21. The summed E-state index contributed by atoms with van der Waals surface area (Å²) in [7, 11) is 0. The summed E-state index contributed by atoms with van der Waals surface area (Å²) in [5.74, 6) is 1.57. The third-order valence-electron chi connectivity index (χ3n) is 3.15. The monoisotopic (exact) mass is 223 g/mol. The second-order valence-electron chi connectivity index (χ2n) is 4.76. The van der Waals surface area contributed by atoms with Crippen LogP contribution < -0.4 is 16.4 Å². The molecule has 1 aliphatic rings. The zero-order valence-corrected chi connectivity index (χ0v) is 9.98. The molecule has 1 aromatic heterocycles. The first kappa shape index (κ1) is 11.4. The van der Waals surface area contributed by atoms with Crippen molar-refractivity contribution in [3.05, 3.63) is 12.3 Å². The smallest absolute Gasteiger partial charge is 0.124 e. The van der Waals surface area contributed by atoms with Crippen LogP contribution in [0.25, 0.3) is 0 Å². The van der Waals surface area contributed by atoms with Crippen LogP contribution >= 0.6 is 0 Å². The molecule has 0 aliphatic carbocycles. The molecule has 2 heterocycles. The highest BCUT2D eigenvalue weighted by molar-refractivity contribution is 5.35. The lowest BCUT2D eigenvalue weighted by molar-refractivity contribution is 0.321. The molecule has 0 spiro atoms. The van der Waals surface area contributed by atoms with Crippen LogP contribution in [0.5, 0.6) is 0 Å². The number of hydrogen-bond donors (Lipinski definition) is 3. The van der Waals surface area contributed by atoms with Crippen LogP contribution in [-0.2, 0) is 0 Å². The van der Waals surface area contributed by atoms with E-state index in [1.165, 1.54) is 0 Å². The van der Waals surface area contributed by atoms with Gasteiger partial charge in [-0.3, -0.25) is 0 Å². The van der Waals surface area contributed by atoms with E-state index >= 15 is 0 Å². The fourth-order valence-corrected chi connectivity index (χ4v) is 1.65. The fraction of sp³-hybridized carbons (Fsp3) is 0.727. The minimum atomic E-state index is 0.183. The third-order valence-corrected chi connectivity index (χ3v) is 3.15. The molecule has 1 aliphatic heterocycles. The highest BCUT2D eigenvalue weighted by atomic mass is 15.4. The van der Waals surface area contributed by atoms with Gasteiger partial charge in [0.25, 0.3) is 0 Å². The van der Waals surface area contributed by atoms with Gasteiger partial charge in [0.15, 0.2) is 0 Å². The number of nitrogens with two attached hydrogens (primary N) is 1. The maximum atomic E-state index is 6.00. The molecule has 0 aromatic carbocycles. The number of hydrogen-bond acceptors (Lipinski definition) is 4. The first-order valence-corrected chi connectivity index (χ1v) is 5.92. The molecule has 16 heavy (non-hydrogen) atoms. The second kappa shape index (κ2) is 4.84. The van der Waals surface area contributed by atoms with Gasteiger partial charge in [-0.15, -0.1) is 0 Å². The minimum absolute atomic E-state index is 0.183. The largest absolute Gasteiger partial charge is 0.369 e. The van der Waals surface area contributed by atoms with E-state index in [1.54, 1.807) is 0 Å².